The molecule has 1 amide bonds. The summed E-state index contributed by atoms with van der Waals surface area (Å²) in [4.78, 5) is 23.7. The van der Waals surface area contributed by atoms with E-state index < -0.39 is 42.0 Å². The van der Waals surface area contributed by atoms with Crippen molar-refractivity contribution < 1.29 is 31.8 Å². The van der Waals surface area contributed by atoms with Crippen LogP contribution in [-0.4, -0.2) is 59.6 Å². The maximum absolute atomic E-state index is 14.7. The lowest BCUT2D eigenvalue weighted by Gasteiger charge is -2.40. The predicted octanol–water partition coefficient (Wildman–Crippen LogP) is 4.88. The summed E-state index contributed by atoms with van der Waals surface area (Å²) in [5.74, 6) is -0.707. The van der Waals surface area contributed by atoms with Gasteiger partial charge in [0.15, 0.2) is 11.6 Å². The van der Waals surface area contributed by atoms with Gasteiger partial charge in [-0.15, -0.1) is 0 Å². The van der Waals surface area contributed by atoms with Crippen LogP contribution >= 0.6 is 0 Å². The van der Waals surface area contributed by atoms with Gasteiger partial charge in [-0.3, -0.25) is 4.90 Å². The molecule has 0 radical (unpaired) electrons. The van der Waals surface area contributed by atoms with Crippen molar-refractivity contribution in [2.24, 2.45) is 0 Å². The van der Waals surface area contributed by atoms with E-state index in [1.54, 1.807) is 27.7 Å². The number of aromatic nitrogens is 5. The van der Waals surface area contributed by atoms with E-state index in [4.69, 9.17) is 9.47 Å². The Balaban J connectivity index is 1.38. The van der Waals surface area contributed by atoms with Gasteiger partial charge in [0.2, 0.25) is 0 Å². The minimum absolute atomic E-state index is 0.00267. The highest BCUT2D eigenvalue weighted by Crippen LogP contribution is 2.36. The Bertz CT molecular complexity index is 1430. The average Bonchev–Trinajstić information content (AvgIpc) is 3.56. The molecule has 2 aromatic heterocycles. The lowest BCUT2D eigenvalue weighted by Crippen LogP contribution is -2.52. The number of nitrogens with zero attached hydrogens (tertiary/aromatic N) is 6. The number of aryl methyl sites for hydroxylation is 1. The molecule has 14 heteroatoms. The van der Waals surface area contributed by atoms with Crippen LogP contribution in [0.1, 0.15) is 69.5 Å². The Kier molecular flexibility index (Phi) is 7.81. The topological polar surface area (TPSA) is 99.3 Å². The van der Waals surface area contributed by atoms with Crippen LogP contribution < -0.4 is 5.32 Å². The number of ether oxygens (including phenoxy) is 2. The summed E-state index contributed by atoms with van der Waals surface area (Å²) in [6.07, 6.45) is -1.26. The van der Waals surface area contributed by atoms with Gasteiger partial charge in [0.25, 0.3) is 0 Å². The van der Waals surface area contributed by atoms with Crippen LogP contribution in [-0.2, 0) is 29.1 Å². The third-order valence-electron chi connectivity index (χ3n) is 7.14. The van der Waals surface area contributed by atoms with Crippen molar-refractivity contribution in [2.75, 3.05) is 6.61 Å². The van der Waals surface area contributed by atoms with Crippen molar-refractivity contribution in [2.45, 2.75) is 91.0 Å². The van der Waals surface area contributed by atoms with Gasteiger partial charge < -0.3 is 19.4 Å². The number of amides is 1. The molecule has 41 heavy (non-hydrogen) atoms. The molecule has 10 nitrogen and oxygen atoms in total. The molecular weight excluding hydrogens is 546 g/mol. The number of imidazole rings is 1. The second-order valence-electron chi connectivity index (χ2n) is 11.2. The summed E-state index contributed by atoms with van der Waals surface area (Å²) in [7, 11) is 0. The largest absolute Gasteiger partial charge is 0.444 e. The number of fused-ring (bicyclic) bond motifs is 1. The zero-order valence-electron chi connectivity index (χ0n) is 23.5. The second kappa shape index (κ2) is 11.0. The summed E-state index contributed by atoms with van der Waals surface area (Å²) < 4.78 is 69.9. The van der Waals surface area contributed by atoms with Crippen molar-refractivity contribution in [3.8, 4) is 11.6 Å². The Morgan fingerprint density at radius 3 is 2.63 bits per heavy atom. The fourth-order valence-corrected chi connectivity index (χ4v) is 5.47. The Labute approximate surface area is 234 Å². The molecule has 0 aliphatic carbocycles. The van der Waals surface area contributed by atoms with E-state index in [0.29, 0.717) is 36.6 Å². The van der Waals surface area contributed by atoms with E-state index in [1.807, 2.05) is 11.5 Å². The zero-order chi connectivity index (χ0) is 29.6. The number of halogens is 4. The van der Waals surface area contributed by atoms with Gasteiger partial charge in [-0.2, -0.15) is 18.6 Å². The standard InChI is InChI=1S/C27H33F4N7O3/c1-6-37-21-12-36(11-20(21)33-23(37)24-32-14(2)35-38(24)25(30)31)16-10-19(34-26(39)41-27(3,4)5)22(40-13-16)17-9-15(28)7-8-18(17)29/h7-9,16,19,22,25H,6,10-13H2,1-5H3,(H,34,39)/t16?,19?,22-/m1/s1. The lowest BCUT2D eigenvalue weighted by atomic mass is 9.92. The van der Waals surface area contributed by atoms with Gasteiger partial charge in [-0.1, -0.05) is 0 Å². The highest BCUT2D eigenvalue weighted by Gasteiger charge is 2.41. The minimum atomic E-state index is -2.86. The molecule has 0 saturated carbocycles. The highest BCUT2D eigenvalue weighted by atomic mass is 19.3. The average molecular weight is 580 g/mol. The normalized spacial score (nSPS) is 21.4. The maximum atomic E-state index is 14.7. The van der Waals surface area contributed by atoms with Crippen LogP contribution in [0.3, 0.4) is 0 Å². The van der Waals surface area contributed by atoms with Crippen molar-refractivity contribution in [3.63, 3.8) is 0 Å². The number of rotatable bonds is 6. The predicted molar refractivity (Wildman–Crippen MR) is 139 cm³/mol. The fourth-order valence-electron chi connectivity index (χ4n) is 5.47. The molecule has 222 valence electrons. The molecule has 1 fully saturated rings. The van der Waals surface area contributed by atoms with Gasteiger partial charge in [-0.25, -0.2) is 23.5 Å². The number of hydrogen-bond donors (Lipinski definition) is 1. The van der Waals surface area contributed by atoms with Gasteiger partial charge in [0, 0.05) is 31.2 Å². The van der Waals surface area contributed by atoms with Gasteiger partial charge in [0.1, 0.15) is 29.2 Å². The summed E-state index contributed by atoms with van der Waals surface area (Å²) >= 11 is 0. The van der Waals surface area contributed by atoms with E-state index in [1.165, 1.54) is 0 Å². The summed E-state index contributed by atoms with van der Waals surface area (Å²) in [6.45, 7) is 7.30. The van der Waals surface area contributed by atoms with Crippen molar-refractivity contribution in [3.05, 3.63) is 52.6 Å². The Morgan fingerprint density at radius 1 is 1.20 bits per heavy atom. The zero-order valence-corrected chi connectivity index (χ0v) is 23.5. The van der Waals surface area contributed by atoms with E-state index in [0.717, 1.165) is 29.6 Å². The molecule has 0 spiro atoms. The van der Waals surface area contributed by atoms with E-state index >= 15 is 0 Å². The monoisotopic (exact) mass is 579 g/mol. The summed E-state index contributed by atoms with van der Waals surface area (Å²) in [5, 5.41) is 6.61. The van der Waals surface area contributed by atoms with Crippen molar-refractivity contribution in [1.29, 1.82) is 0 Å². The second-order valence-corrected chi connectivity index (χ2v) is 11.2. The third kappa shape index (κ3) is 5.94. The van der Waals surface area contributed by atoms with Crippen LogP contribution in [0, 0.1) is 18.6 Å². The molecule has 2 aliphatic heterocycles. The first-order valence-electron chi connectivity index (χ1n) is 13.4. The van der Waals surface area contributed by atoms with Crippen LogP contribution in [0.5, 0.6) is 0 Å². The SMILES string of the molecule is CCn1c(-c2nc(C)nn2C(F)F)nc2c1CN(C1CO[C@H](c3cc(F)ccc3F)C(NC(=O)OC(C)(C)C)C1)C2. The Morgan fingerprint density at radius 2 is 1.95 bits per heavy atom. The molecule has 2 aliphatic rings. The molecule has 1 aromatic carbocycles. The molecule has 2 unspecified atom stereocenters. The van der Waals surface area contributed by atoms with Crippen LogP contribution in [0.4, 0.5) is 22.4 Å². The fraction of sp³-hybridized carbons (Fsp3) is 0.556. The van der Waals surface area contributed by atoms with Gasteiger partial charge >= 0.3 is 12.6 Å². The number of alkyl carbamates (subject to hydrolysis) is 1. The first kappa shape index (κ1) is 29.0. The molecular formula is C27H33F4N7O3. The minimum Gasteiger partial charge on any atom is -0.444 e. The van der Waals surface area contributed by atoms with E-state index in [2.05, 4.69) is 25.3 Å². The molecule has 4 heterocycles. The smallest absolute Gasteiger partial charge is 0.407 e. The van der Waals surface area contributed by atoms with E-state index in [9.17, 15) is 22.4 Å². The molecule has 0 bridgehead atoms. The van der Waals surface area contributed by atoms with Crippen LogP contribution in [0.25, 0.3) is 11.6 Å². The summed E-state index contributed by atoms with van der Waals surface area (Å²) in [6, 6.07) is 2.20. The summed E-state index contributed by atoms with van der Waals surface area (Å²) in [5.41, 5.74) is 0.832. The maximum Gasteiger partial charge on any atom is 0.407 e. The quantitative estimate of drug-likeness (QED) is 0.416. The highest BCUT2D eigenvalue weighted by molar-refractivity contribution is 5.68. The molecule has 3 aromatic rings. The van der Waals surface area contributed by atoms with E-state index in [-0.39, 0.29) is 29.9 Å². The molecule has 1 saturated heterocycles. The van der Waals surface area contributed by atoms with Crippen molar-refractivity contribution in [1.82, 2.24) is 34.5 Å². The number of nitrogens with one attached hydrogen (secondary N) is 1. The van der Waals surface area contributed by atoms with Crippen LogP contribution in [0.15, 0.2) is 18.2 Å². The number of carbonyl (C=O) groups excluding carboxylic acids is 1. The molecule has 5 rings (SSSR count). The molecule has 1 N–H and O–H groups in total. The lowest BCUT2D eigenvalue weighted by molar-refractivity contribution is -0.0630. The van der Waals surface area contributed by atoms with Gasteiger partial charge in [0.05, 0.1) is 24.0 Å². The number of hydrogen-bond acceptors (Lipinski definition) is 7. The molecule has 3 atom stereocenters. The third-order valence-corrected chi connectivity index (χ3v) is 7.14. The first-order chi connectivity index (χ1) is 19.3. The first-order valence-corrected chi connectivity index (χ1v) is 13.4. The van der Waals surface area contributed by atoms with Gasteiger partial charge in [-0.05, 0) is 59.2 Å². The van der Waals surface area contributed by atoms with Crippen molar-refractivity contribution >= 4 is 6.09 Å². The van der Waals surface area contributed by atoms with Crippen LogP contribution in [0.2, 0.25) is 0 Å². The Hall–Kier alpha value is -3.52. The number of carbonyl (C=O) groups is 1. The number of benzene rings is 1. The number of alkyl halides is 2.